The van der Waals surface area contributed by atoms with E-state index in [-0.39, 0.29) is 24.7 Å². The smallest absolute Gasteiger partial charge is 0.262 e. The molecule has 1 heterocycles. The lowest BCUT2D eigenvalue weighted by Crippen LogP contribution is -2.25. The van der Waals surface area contributed by atoms with Gasteiger partial charge in [-0.1, -0.05) is 23.7 Å². The molecule has 0 aromatic heterocycles. The number of hydrogen-bond acceptors (Lipinski definition) is 3. The number of benzene rings is 2. The van der Waals surface area contributed by atoms with Crippen LogP contribution in [-0.2, 0) is 11.2 Å². The van der Waals surface area contributed by atoms with Crippen molar-refractivity contribution in [2.45, 2.75) is 6.42 Å². The van der Waals surface area contributed by atoms with Crippen molar-refractivity contribution in [2.75, 3.05) is 11.9 Å². The normalized spacial score (nSPS) is 13.1. The first-order valence-corrected chi connectivity index (χ1v) is 6.84. The van der Waals surface area contributed by atoms with E-state index in [1.165, 1.54) is 0 Å². The molecular weight excluding hydrogens is 290 g/mol. The molecular formula is C16H12ClNO3. The van der Waals surface area contributed by atoms with Crippen molar-refractivity contribution in [1.29, 1.82) is 0 Å². The molecule has 1 amide bonds. The largest absolute Gasteiger partial charge is 0.482 e. The summed E-state index contributed by atoms with van der Waals surface area (Å²) in [7, 11) is 0. The van der Waals surface area contributed by atoms with Gasteiger partial charge in [-0.3, -0.25) is 9.59 Å². The Morgan fingerprint density at radius 3 is 2.90 bits per heavy atom. The Kier molecular flexibility index (Phi) is 3.62. The molecule has 2 aromatic carbocycles. The van der Waals surface area contributed by atoms with E-state index in [1.54, 1.807) is 30.3 Å². The molecule has 21 heavy (non-hydrogen) atoms. The van der Waals surface area contributed by atoms with E-state index >= 15 is 0 Å². The summed E-state index contributed by atoms with van der Waals surface area (Å²) in [6.45, 7) is 0.00279. The van der Waals surface area contributed by atoms with Crippen molar-refractivity contribution in [3.8, 4) is 5.75 Å². The second-order valence-electron chi connectivity index (χ2n) is 4.78. The third-order valence-electron chi connectivity index (χ3n) is 3.19. The first-order valence-electron chi connectivity index (χ1n) is 6.46. The maximum Gasteiger partial charge on any atom is 0.262 e. The number of carbonyl (C=O) groups is 2. The minimum atomic E-state index is -0.220. The Balaban J connectivity index is 1.82. The highest BCUT2D eigenvalue weighted by molar-refractivity contribution is 6.30. The third kappa shape index (κ3) is 3.06. The highest BCUT2D eigenvalue weighted by Crippen LogP contribution is 2.29. The number of carbonyl (C=O) groups excluding carboxylic acids is 2. The number of anilines is 1. The van der Waals surface area contributed by atoms with E-state index in [9.17, 15) is 9.59 Å². The van der Waals surface area contributed by atoms with Crippen molar-refractivity contribution in [3.05, 3.63) is 58.6 Å². The van der Waals surface area contributed by atoms with Crippen LogP contribution in [-0.4, -0.2) is 18.3 Å². The van der Waals surface area contributed by atoms with Gasteiger partial charge >= 0.3 is 0 Å². The molecule has 0 atom stereocenters. The molecule has 0 saturated heterocycles. The first kappa shape index (κ1) is 13.6. The zero-order chi connectivity index (χ0) is 14.8. The predicted octanol–water partition coefficient (Wildman–Crippen LogP) is 3.10. The molecule has 4 nitrogen and oxygen atoms in total. The molecule has 1 N–H and O–H groups in total. The van der Waals surface area contributed by atoms with Gasteiger partial charge in [-0.15, -0.1) is 0 Å². The van der Waals surface area contributed by atoms with Crippen LogP contribution < -0.4 is 10.1 Å². The Labute approximate surface area is 126 Å². The SMILES string of the molecule is O=C1COc2ccc(C(=O)Cc3cccc(Cl)c3)cc2N1. The van der Waals surface area contributed by atoms with E-state index in [4.69, 9.17) is 16.3 Å². The first-order chi connectivity index (χ1) is 10.1. The van der Waals surface area contributed by atoms with Gasteiger partial charge in [0.25, 0.3) is 5.91 Å². The summed E-state index contributed by atoms with van der Waals surface area (Å²) in [5, 5.41) is 3.29. The van der Waals surface area contributed by atoms with Gasteiger partial charge in [-0.05, 0) is 35.9 Å². The molecule has 0 radical (unpaired) electrons. The van der Waals surface area contributed by atoms with Crippen LogP contribution >= 0.6 is 11.6 Å². The van der Waals surface area contributed by atoms with Crippen LogP contribution in [0.2, 0.25) is 5.02 Å². The molecule has 0 bridgehead atoms. The highest BCUT2D eigenvalue weighted by Gasteiger charge is 2.17. The summed E-state index contributed by atoms with van der Waals surface area (Å²) in [4.78, 5) is 23.6. The van der Waals surface area contributed by atoms with E-state index in [0.717, 1.165) is 5.56 Å². The Bertz CT molecular complexity index is 727. The number of ketones is 1. The average molecular weight is 302 g/mol. The number of amides is 1. The molecule has 2 aromatic rings. The molecule has 5 heteroatoms. The average Bonchev–Trinajstić information content (AvgIpc) is 2.46. The summed E-state index contributed by atoms with van der Waals surface area (Å²) in [5.41, 5.74) is 1.91. The van der Waals surface area contributed by atoms with Gasteiger partial charge < -0.3 is 10.1 Å². The number of ether oxygens (including phenoxy) is 1. The lowest BCUT2D eigenvalue weighted by molar-refractivity contribution is -0.118. The van der Waals surface area contributed by atoms with E-state index in [2.05, 4.69) is 5.32 Å². The lowest BCUT2D eigenvalue weighted by Gasteiger charge is -2.18. The number of rotatable bonds is 3. The minimum Gasteiger partial charge on any atom is -0.482 e. The summed E-state index contributed by atoms with van der Waals surface area (Å²) >= 11 is 5.91. The van der Waals surface area contributed by atoms with Gasteiger partial charge in [-0.2, -0.15) is 0 Å². The van der Waals surface area contributed by atoms with Crippen molar-refractivity contribution < 1.29 is 14.3 Å². The quantitative estimate of drug-likeness (QED) is 0.886. The Morgan fingerprint density at radius 2 is 2.10 bits per heavy atom. The summed E-state index contributed by atoms with van der Waals surface area (Å²) in [6.07, 6.45) is 0.258. The number of hydrogen-bond donors (Lipinski definition) is 1. The van der Waals surface area contributed by atoms with Crippen LogP contribution in [0.4, 0.5) is 5.69 Å². The zero-order valence-electron chi connectivity index (χ0n) is 11.1. The van der Waals surface area contributed by atoms with Gasteiger partial charge in [0.2, 0.25) is 0 Å². The fraction of sp³-hybridized carbons (Fsp3) is 0.125. The van der Waals surface area contributed by atoms with E-state index in [0.29, 0.717) is 22.0 Å². The lowest BCUT2D eigenvalue weighted by atomic mass is 10.0. The van der Waals surface area contributed by atoms with Gasteiger partial charge in [0.05, 0.1) is 5.69 Å². The van der Waals surface area contributed by atoms with Crippen LogP contribution in [0.15, 0.2) is 42.5 Å². The molecule has 106 valence electrons. The topological polar surface area (TPSA) is 55.4 Å². The van der Waals surface area contributed by atoms with Crippen LogP contribution in [0.3, 0.4) is 0 Å². The Morgan fingerprint density at radius 1 is 1.24 bits per heavy atom. The number of halogens is 1. The Hall–Kier alpha value is -2.33. The van der Waals surface area contributed by atoms with Gasteiger partial charge in [-0.25, -0.2) is 0 Å². The molecule has 0 aliphatic carbocycles. The minimum absolute atomic E-state index is 0.00279. The van der Waals surface area contributed by atoms with Gasteiger partial charge in [0.1, 0.15) is 5.75 Å². The van der Waals surface area contributed by atoms with Crippen LogP contribution in [0.25, 0.3) is 0 Å². The zero-order valence-corrected chi connectivity index (χ0v) is 11.8. The van der Waals surface area contributed by atoms with Crippen molar-refractivity contribution >= 4 is 29.0 Å². The fourth-order valence-corrected chi connectivity index (χ4v) is 2.40. The summed E-state index contributed by atoms with van der Waals surface area (Å²) in [6, 6.07) is 12.2. The van der Waals surface area contributed by atoms with E-state index < -0.39 is 0 Å². The molecule has 0 spiro atoms. The molecule has 0 saturated carbocycles. The monoisotopic (exact) mass is 301 g/mol. The number of fused-ring (bicyclic) bond motifs is 1. The second kappa shape index (κ2) is 5.58. The second-order valence-corrected chi connectivity index (χ2v) is 5.21. The number of Topliss-reactive ketones (excluding diaryl/α,β-unsaturated/α-hetero) is 1. The highest BCUT2D eigenvalue weighted by atomic mass is 35.5. The van der Waals surface area contributed by atoms with Crippen LogP contribution in [0.5, 0.6) is 5.75 Å². The predicted molar refractivity (Wildman–Crippen MR) is 80.1 cm³/mol. The molecule has 0 unspecified atom stereocenters. The maximum atomic E-state index is 12.3. The summed E-state index contributed by atoms with van der Waals surface area (Å²) < 4.78 is 5.26. The van der Waals surface area contributed by atoms with Gasteiger partial charge in [0, 0.05) is 17.0 Å². The van der Waals surface area contributed by atoms with Crippen molar-refractivity contribution in [2.24, 2.45) is 0 Å². The third-order valence-corrected chi connectivity index (χ3v) is 3.42. The van der Waals surface area contributed by atoms with Gasteiger partial charge in [0.15, 0.2) is 12.4 Å². The van der Waals surface area contributed by atoms with E-state index in [1.807, 2.05) is 12.1 Å². The van der Waals surface area contributed by atoms with Crippen LogP contribution in [0.1, 0.15) is 15.9 Å². The molecule has 1 aliphatic rings. The standard InChI is InChI=1S/C16H12ClNO3/c17-12-3-1-2-10(6-12)7-14(19)11-4-5-15-13(8-11)18-16(20)9-21-15/h1-6,8H,7,9H2,(H,18,20). The fourth-order valence-electron chi connectivity index (χ4n) is 2.19. The van der Waals surface area contributed by atoms with Crippen molar-refractivity contribution in [1.82, 2.24) is 0 Å². The van der Waals surface area contributed by atoms with Crippen LogP contribution in [0, 0.1) is 0 Å². The molecule has 1 aliphatic heterocycles. The summed E-state index contributed by atoms with van der Waals surface area (Å²) in [5.74, 6) is 0.315. The number of nitrogens with one attached hydrogen (secondary N) is 1. The van der Waals surface area contributed by atoms with Crippen molar-refractivity contribution in [3.63, 3.8) is 0 Å². The molecule has 3 rings (SSSR count). The maximum absolute atomic E-state index is 12.3. The molecule has 0 fully saturated rings.